The molecule has 0 spiro atoms. The first kappa shape index (κ1) is 15.7. The summed E-state index contributed by atoms with van der Waals surface area (Å²) < 4.78 is 45.6. The minimum absolute atomic E-state index is 0.112. The van der Waals surface area contributed by atoms with Crippen molar-refractivity contribution in [3.05, 3.63) is 39.8 Å². The topological polar surface area (TPSA) is 81.4 Å². The van der Waals surface area contributed by atoms with Gasteiger partial charge >= 0.3 is 0 Å². The van der Waals surface area contributed by atoms with E-state index in [4.69, 9.17) is 10.5 Å². The summed E-state index contributed by atoms with van der Waals surface area (Å²) in [5.74, 6) is -0.398. The molecule has 21 heavy (non-hydrogen) atoms. The van der Waals surface area contributed by atoms with Gasteiger partial charge in [0.15, 0.2) is 0 Å². The van der Waals surface area contributed by atoms with E-state index in [9.17, 15) is 12.8 Å². The Kier molecular flexibility index (Phi) is 4.50. The van der Waals surface area contributed by atoms with Gasteiger partial charge in [0.2, 0.25) is 0 Å². The number of hydrogen-bond donors (Lipinski definition) is 2. The van der Waals surface area contributed by atoms with Crippen LogP contribution in [0.3, 0.4) is 0 Å². The lowest BCUT2D eigenvalue weighted by Gasteiger charge is -2.12. The van der Waals surface area contributed by atoms with Crippen LogP contribution in [0.2, 0.25) is 0 Å². The number of benzene rings is 1. The Morgan fingerprint density at radius 1 is 1.43 bits per heavy atom. The molecule has 0 atom stereocenters. The molecule has 5 nitrogen and oxygen atoms in total. The molecule has 0 fully saturated rings. The van der Waals surface area contributed by atoms with Gasteiger partial charge in [0.25, 0.3) is 10.0 Å². The number of methoxy groups -OCH3 is 1. The highest BCUT2D eigenvalue weighted by Crippen LogP contribution is 2.31. The number of aryl methyl sites for hydroxylation is 1. The number of halogens is 1. The highest BCUT2D eigenvalue weighted by Gasteiger charge is 2.23. The molecule has 0 amide bonds. The fourth-order valence-electron chi connectivity index (χ4n) is 1.93. The maximum Gasteiger partial charge on any atom is 0.263 e. The van der Waals surface area contributed by atoms with Gasteiger partial charge in [-0.05, 0) is 30.0 Å². The standard InChI is InChI=1S/C13H15FN2O3S2/c1-8-7-20-12(6-15)13(8)21(17,18)16-10-4-3-9(14)5-11(10)19-2/h3-5,7,16H,6,15H2,1-2H3. The van der Waals surface area contributed by atoms with Crippen molar-refractivity contribution in [1.29, 1.82) is 0 Å². The third-order valence-electron chi connectivity index (χ3n) is 2.85. The smallest absolute Gasteiger partial charge is 0.263 e. The molecule has 2 aromatic rings. The fraction of sp³-hybridized carbons (Fsp3) is 0.231. The van der Waals surface area contributed by atoms with E-state index in [1.807, 2.05) is 0 Å². The highest BCUT2D eigenvalue weighted by atomic mass is 32.2. The van der Waals surface area contributed by atoms with Crippen molar-refractivity contribution in [2.75, 3.05) is 11.8 Å². The molecule has 1 heterocycles. The second-order valence-corrected chi connectivity index (χ2v) is 6.91. The lowest BCUT2D eigenvalue weighted by molar-refractivity contribution is 0.413. The Balaban J connectivity index is 2.45. The predicted molar refractivity (Wildman–Crippen MR) is 80.7 cm³/mol. The zero-order chi connectivity index (χ0) is 15.6. The van der Waals surface area contributed by atoms with Gasteiger partial charge < -0.3 is 10.5 Å². The average Bonchev–Trinajstić information content (AvgIpc) is 2.82. The molecule has 1 aromatic heterocycles. The molecule has 0 saturated heterocycles. The van der Waals surface area contributed by atoms with E-state index >= 15 is 0 Å². The summed E-state index contributed by atoms with van der Waals surface area (Å²) in [4.78, 5) is 0.738. The number of thiophene rings is 1. The first-order valence-electron chi connectivity index (χ1n) is 6.02. The van der Waals surface area contributed by atoms with Crippen molar-refractivity contribution in [1.82, 2.24) is 0 Å². The first-order valence-corrected chi connectivity index (χ1v) is 8.38. The molecule has 0 saturated carbocycles. The van der Waals surface area contributed by atoms with Gasteiger partial charge in [-0.15, -0.1) is 11.3 Å². The Morgan fingerprint density at radius 3 is 2.76 bits per heavy atom. The summed E-state index contributed by atoms with van der Waals surface area (Å²) >= 11 is 1.29. The van der Waals surface area contributed by atoms with Crippen molar-refractivity contribution < 1.29 is 17.5 Å². The summed E-state index contributed by atoms with van der Waals surface area (Å²) in [6.45, 7) is 1.83. The zero-order valence-corrected chi connectivity index (χ0v) is 13.1. The van der Waals surface area contributed by atoms with Crippen molar-refractivity contribution in [2.24, 2.45) is 5.73 Å². The van der Waals surface area contributed by atoms with Crippen LogP contribution in [0.25, 0.3) is 0 Å². The predicted octanol–water partition coefficient (Wildman–Crippen LogP) is 2.46. The van der Waals surface area contributed by atoms with E-state index in [2.05, 4.69) is 4.72 Å². The Hall–Kier alpha value is -1.64. The number of ether oxygens (including phenoxy) is 1. The van der Waals surface area contributed by atoms with Gasteiger partial charge in [0.05, 0.1) is 12.8 Å². The Labute approximate surface area is 126 Å². The zero-order valence-electron chi connectivity index (χ0n) is 11.5. The fourth-order valence-corrected chi connectivity index (χ4v) is 4.71. The molecule has 8 heteroatoms. The molecule has 0 aliphatic rings. The molecule has 1 aromatic carbocycles. The number of hydrogen-bond acceptors (Lipinski definition) is 5. The van der Waals surface area contributed by atoms with Crippen molar-refractivity contribution in [3.63, 3.8) is 0 Å². The van der Waals surface area contributed by atoms with Gasteiger partial charge in [-0.1, -0.05) is 0 Å². The molecule has 0 aliphatic heterocycles. The normalized spacial score (nSPS) is 11.4. The summed E-state index contributed by atoms with van der Waals surface area (Å²) in [6, 6.07) is 3.59. The third-order valence-corrected chi connectivity index (χ3v) is 5.70. The van der Waals surface area contributed by atoms with Crippen molar-refractivity contribution >= 4 is 27.0 Å². The Morgan fingerprint density at radius 2 is 2.14 bits per heavy atom. The van der Waals surface area contributed by atoms with Crippen LogP contribution < -0.4 is 15.2 Å². The molecule has 114 valence electrons. The number of anilines is 1. The molecule has 3 N–H and O–H groups in total. The van der Waals surface area contributed by atoms with E-state index in [-0.39, 0.29) is 22.9 Å². The van der Waals surface area contributed by atoms with E-state index in [1.165, 1.54) is 24.5 Å². The summed E-state index contributed by atoms with van der Waals surface area (Å²) in [6.07, 6.45) is 0. The Bertz CT molecular complexity index is 757. The van der Waals surface area contributed by atoms with Crippen molar-refractivity contribution in [3.8, 4) is 5.75 Å². The summed E-state index contributed by atoms with van der Waals surface area (Å²) in [5.41, 5.74) is 6.37. The van der Waals surface area contributed by atoms with Gasteiger partial charge in [-0.25, -0.2) is 12.8 Å². The second-order valence-electron chi connectivity index (χ2n) is 4.33. The molecular weight excluding hydrogens is 315 g/mol. The minimum Gasteiger partial charge on any atom is -0.494 e. The van der Waals surface area contributed by atoms with Crippen LogP contribution in [-0.4, -0.2) is 15.5 Å². The third kappa shape index (κ3) is 3.17. The molecule has 0 bridgehead atoms. The second kappa shape index (κ2) is 6.00. The molecule has 0 radical (unpaired) electrons. The van der Waals surface area contributed by atoms with Crippen LogP contribution in [0.5, 0.6) is 5.75 Å². The lowest BCUT2D eigenvalue weighted by Crippen LogP contribution is -2.16. The van der Waals surface area contributed by atoms with Crippen LogP contribution in [0, 0.1) is 12.7 Å². The van der Waals surface area contributed by atoms with Gasteiger partial charge in [0, 0.05) is 17.5 Å². The van der Waals surface area contributed by atoms with E-state index in [1.54, 1.807) is 12.3 Å². The molecule has 2 rings (SSSR count). The molecular formula is C13H15FN2O3S2. The first-order chi connectivity index (χ1) is 9.89. The van der Waals surface area contributed by atoms with Gasteiger partial charge in [0.1, 0.15) is 16.5 Å². The van der Waals surface area contributed by atoms with Crippen molar-refractivity contribution in [2.45, 2.75) is 18.4 Å². The number of sulfonamides is 1. The summed E-state index contributed by atoms with van der Waals surface area (Å²) in [7, 11) is -2.47. The maximum atomic E-state index is 13.2. The van der Waals surface area contributed by atoms with E-state index in [0.29, 0.717) is 10.4 Å². The quantitative estimate of drug-likeness (QED) is 0.882. The van der Waals surface area contributed by atoms with Crippen LogP contribution in [0.15, 0.2) is 28.5 Å². The van der Waals surface area contributed by atoms with Gasteiger partial charge in [-0.3, -0.25) is 4.72 Å². The maximum absolute atomic E-state index is 13.2. The van der Waals surface area contributed by atoms with E-state index in [0.717, 1.165) is 12.1 Å². The van der Waals surface area contributed by atoms with Crippen LogP contribution in [0.4, 0.5) is 10.1 Å². The SMILES string of the molecule is COc1cc(F)ccc1NS(=O)(=O)c1c(C)csc1CN. The van der Waals surface area contributed by atoms with Crippen LogP contribution in [-0.2, 0) is 16.6 Å². The average molecular weight is 330 g/mol. The lowest BCUT2D eigenvalue weighted by atomic mass is 10.3. The number of rotatable bonds is 5. The minimum atomic E-state index is -3.81. The number of nitrogens with one attached hydrogen (secondary N) is 1. The monoisotopic (exact) mass is 330 g/mol. The molecule has 0 unspecified atom stereocenters. The van der Waals surface area contributed by atoms with Crippen LogP contribution >= 0.6 is 11.3 Å². The molecule has 0 aliphatic carbocycles. The largest absolute Gasteiger partial charge is 0.494 e. The van der Waals surface area contributed by atoms with Gasteiger partial charge in [-0.2, -0.15) is 0 Å². The number of nitrogens with two attached hydrogens (primary N) is 1. The van der Waals surface area contributed by atoms with E-state index < -0.39 is 15.8 Å². The highest BCUT2D eigenvalue weighted by molar-refractivity contribution is 7.93. The van der Waals surface area contributed by atoms with Crippen LogP contribution in [0.1, 0.15) is 10.4 Å². The summed E-state index contributed by atoms with van der Waals surface area (Å²) in [5, 5.41) is 1.73.